The zero-order chi connectivity index (χ0) is 39.2. The van der Waals surface area contributed by atoms with Crippen LogP contribution in [0.1, 0.15) is 61.0 Å². The molecule has 1 aromatic carbocycles. The highest BCUT2D eigenvalue weighted by molar-refractivity contribution is 5.90. The molecule has 3 aliphatic heterocycles. The van der Waals surface area contributed by atoms with Crippen molar-refractivity contribution in [3.63, 3.8) is 0 Å². The number of hydrogen-bond acceptors (Lipinski definition) is 10. The van der Waals surface area contributed by atoms with E-state index < -0.39 is 34.6 Å². The topological polar surface area (TPSA) is 177 Å². The van der Waals surface area contributed by atoms with Gasteiger partial charge < -0.3 is 34.6 Å². The number of urea groups is 1. The first-order valence-corrected chi connectivity index (χ1v) is 18.7. The molecule has 3 N–H and O–H groups in total. The summed E-state index contributed by atoms with van der Waals surface area (Å²) in [5, 5.41) is 8.25. The Bertz CT molecular complexity index is 1810. The van der Waals surface area contributed by atoms with Crippen LogP contribution in [0.2, 0.25) is 0 Å². The number of piperidine rings is 1. The molecule has 2 aromatic rings. The van der Waals surface area contributed by atoms with Crippen LogP contribution in [0.5, 0.6) is 5.75 Å². The molecule has 1 aliphatic carbocycles. The third-order valence-electron chi connectivity index (χ3n) is 10.3. The van der Waals surface area contributed by atoms with E-state index >= 15 is 0 Å². The Labute approximate surface area is 315 Å². The van der Waals surface area contributed by atoms with Gasteiger partial charge in [-0.1, -0.05) is 6.07 Å². The predicted octanol–water partition coefficient (Wildman–Crippen LogP) is 3.22. The number of ether oxygens (including phenoxy) is 3. The fourth-order valence-electron chi connectivity index (χ4n) is 7.51. The number of fused-ring (bicyclic) bond motifs is 2. The molecule has 54 heavy (non-hydrogen) atoms. The summed E-state index contributed by atoms with van der Waals surface area (Å²) in [6.45, 7) is 18.3. The van der Waals surface area contributed by atoms with Crippen molar-refractivity contribution in [3.8, 4) is 11.4 Å². The molecule has 294 valence electrons. The lowest BCUT2D eigenvalue weighted by atomic mass is 10.0. The summed E-state index contributed by atoms with van der Waals surface area (Å²) in [4.78, 5) is 73.4. The highest BCUT2D eigenvalue weighted by atomic mass is 16.6. The van der Waals surface area contributed by atoms with Crippen LogP contribution in [0, 0.1) is 17.8 Å². The summed E-state index contributed by atoms with van der Waals surface area (Å²) < 4.78 is 18.3. The molecule has 4 aliphatic rings. The van der Waals surface area contributed by atoms with E-state index in [1.165, 1.54) is 4.57 Å². The first kappa shape index (κ1) is 38.9. The number of rotatable bonds is 7. The van der Waals surface area contributed by atoms with Gasteiger partial charge in [-0.05, 0) is 97.3 Å². The number of anilines is 1. The largest absolute Gasteiger partial charge is 0.492 e. The highest BCUT2D eigenvalue weighted by Crippen LogP contribution is 2.52. The maximum Gasteiger partial charge on any atom is 0.408 e. The van der Waals surface area contributed by atoms with E-state index in [1.54, 1.807) is 56.7 Å². The average molecular weight is 751 g/mol. The van der Waals surface area contributed by atoms with Gasteiger partial charge >= 0.3 is 23.9 Å². The molecule has 0 bridgehead atoms. The molecule has 3 unspecified atom stereocenters. The van der Waals surface area contributed by atoms with Crippen LogP contribution >= 0.6 is 0 Å². The zero-order valence-electron chi connectivity index (χ0n) is 32.6. The average Bonchev–Trinajstić information content (AvgIpc) is 3.52. The standard InChI is InChI=1S/C38H54N8O8/c1-36(2,3)53-34(50)39-19-26-27-20-45(21-28(26)27)25-17-23-9-10-24(18-29(23)52-22-25)46-12-11-30(41-33(46)49)40-32(48)44-15-13-43(14-16-44)31(47)38(7,8)42-35(51)54-37(4,5)6/h9-12,18,25-28H,13-17,19-22H2,1-8H3,(H,39,50)(H,42,51)(H,40,41,48,49). The van der Waals surface area contributed by atoms with Gasteiger partial charge in [-0.2, -0.15) is 4.98 Å². The summed E-state index contributed by atoms with van der Waals surface area (Å²) in [6.07, 6.45) is 1.37. The first-order valence-electron chi connectivity index (χ1n) is 18.7. The summed E-state index contributed by atoms with van der Waals surface area (Å²) >= 11 is 0. The molecular formula is C38H54N8O8. The summed E-state index contributed by atoms with van der Waals surface area (Å²) in [5.74, 6) is 2.21. The van der Waals surface area contributed by atoms with Gasteiger partial charge in [-0.3, -0.25) is 19.6 Å². The number of carbonyl (C=O) groups is 4. The number of likely N-dealkylation sites (tertiary alicyclic amines) is 1. The molecule has 4 heterocycles. The van der Waals surface area contributed by atoms with Crippen molar-refractivity contribution in [2.45, 2.75) is 84.6 Å². The van der Waals surface area contributed by atoms with Gasteiger partial charge in [0.05, 0.1) is 5.69 Å². The SMILES string of the molecule is CC(C)(C)OC(=O)NCC1C2CN(C3COc4cc(-n5ccc(NC(=O)N6CCN(C(=O)C(C)(C)NC(=O)OC(C)(C)C)CC6)nc5=O)ccc4C3)CC12. The Morgan fingerprint density at radius 1 is 0.870 bits per heavy atom. The maximum absolute atomic E-state index is 13.2. The quantitative estimate of drug-likeness (QED) is 0.381. The van der Waals surface area contributed by atoms with Gasteiger partial charge in [0.15, 0.2) is 0 Å². The van der Waals surface area contributed by atoms with Crippen LogP contribution in [-0.2, 0) is 20.7 Å². The Hall–Kier alpha value is -4.86. The smallest absolute Gasteiger partial charge is 0.408 e. The molecule has 1 saturated carbocycles. The maximum atomic E-state index is 13.2. The molecule has 3 fully saturated rings. The lowest BCUT2D eigenvalue weighted by Crippen LogP contribution is -2.60. The van der Waals surface area contributed by atoms with Crippen molar-refractivity contribution in [1.29, 1.82) is 0 Å². The number of benzene rings is 1. The minimum atomic E-state index is -1.20. The highest BCUT2D eigenvalue weighted by Gasteiger charge is 2.56. The van der Waals surface area contributed by atoms with E-state index in [0.717, 1.165) is 30.8 Å². The molecular weight excluding hydrogens is 696 g/mol. The molecule has 5 amide bonds. The van der Waals surface area contributed by atoms with E-state index in [4.69, 9.17) is 14.2 Å². The lowest BCUT2D eigenvalue weighted by molar-refractivity contribution is -0.138. The third kappa shape index (κ3) is 9.25. The van der Waals surface area contributed by atoms with Crippen molar-refractivity contribution < 1.29 is 33.4 Å². The Morgan fingerprint density at radius 3 is 2.13 bits per heavy atom. The molecule has 0 radical (unpaired) electrons. The fraction of sp³-hybridized carbons (Fsp3) is 0.632. The number of amides is 5. The number of aromatic nitrogens is 2. The van der Waals surface area contributed by atoms with Gasteiger partial charge in [-0.25, -0.2) is 19.2 Å². The number of nitrogens with one attached hydrogen (secondary N) is 3. The van der Waals surface area contributed by atoms with Gasteiger partial charge in [0.1, 0.15) is 34.9 Å². The van der Waals surface area contributed by atoms with Crippen molar-refractivity contribution in [3.05, 3.63) is 46.5 Å². The van der Waals surface area contributed by atoms with Crippen molar-refractivity contribution in [2.24, 2.45) is 17.8 Å². The lowest BCUT2D eigenvalue weighted by Gasteiger charge is -2.38. The van der Waals surface area contributed by atoms with Crippen molar-refractivity contribution >= 4 is 29.9 Å². The summed E-state index contributed by atoms with van der Waals surface area (Å²) in [6, 6.07) is 7.10. The second-order valence-electron chi connectivity index (χ2n) is 17.2. The summed E-state index contributed by atoms with van der Waals surface area (Å²) in [7, 11) is 0. The second-order valence-corrected chi connectivity index (χ2v) is 17.2. The van der Waals surface area contributed by atoms with E-state index in [9.17, 15) is 24.0 Å². The molecule has 6 rings (SSSR count). The van der Waals surface area contributed by atoms with Crippen LogP contribution in [0.15, 0.2) is 35.3 Å². The molecule has 2 saturated heterocycles. The third-order valence-corrected chi connectivity index (χ3v) is 10.3. The minimum absolute atomic E-state index is 0.117. The zero-order valence-corrected chi connectivity index (χ0v) is 32.6. The van der Waals surface area contributed by atoms with E-state index in [-0.39, 0.29) is 50.0 Å². The summed E-state index contributed by atoms with van der Waals surface area (Å²) in [5.41, 5.74) is -1.27. The Balaban J connectivity index is 0.962. The number of carbonyl (C=O) groups excluding carboxylic acids is 4. The second kappa shape index (κ2) is 14.8. The number of nitrogens with zero attached hydrogens (tertiary/aromatic N) is 5. The predicted molar refractivity (Wildman–Crippen MR) is 200 cm³/mol. The molecule has 0 spiro atoms. The van der Waals surface area contributed by atoms with Crippen LogP contribution in [0.25, 0.3) is 5.69 Å². The van der Waals surface area contributed by atoms with Gasteiger partial charge in [0.25, 0.3) is 0 Å². The molecule has 16 nitrogen and oxygen atoms in total. The minimum Gasteiger partial charge on any atom is -0.492 e. The van der Waals surface area contributed by atoms with Crippen LogP contribution in [0.3, 0.4) is 0 Å². The van der Waals surface area contributed by atoms with E-state index in [2.05, 4.69) is 25.8 Å². The number of hydrogen-bond donors (Lipinski definition) is 3. The monoisotopic (exact) mass is 750 g/mol. The molecule has 16 heteroatoms. The molecule has 3 atom stereocenters. The van der Waals surface area contributed by atoms with Crippen molar-refractivity contribution in [2.75, 3.05) is 57.7 Å². The number of piperazine rings is 1. The first-order chi connectivity index (χ1) is 25.3. The van der Waals surface area contributed by atoms with Gasteiger partial charge in [-0.15, -0.1) is 0 Å². The Kier molecular flexibility index (Phi) is 10.6. The van der Waals surface area contributed by atoms with Gasteiger partial charge in [0, 0.05) is 64.1 Å². The van der Waals surface area contributed by atoms with E-state index in [1.807, 2.05) is 39.0 Å². The van der Waals surface area contributed by atoms with Crippen LogP contribution in [-0.4, -0.2) is 124 Å². The van der Waals surface area contributed by atoms with Crippen LogP contribution in [0.4, 0.5) is 20.2 Å². The molecule has 1 aromatic heterocycles. The van der Waals surface area contributed by atoms with Crippen molar-refractivity contribution in [1.82, 2.24) is 34.9 Å². The van der Waals surface area contributed by atoms with Crippen LogP contribution < -0.4 is 26.4 Å². The normalized spacial score (nSPS) is 22.7. The Morgan fingerprint density at radius 2 is 1.50 bits per heavy atom. The number of alkyl carbamates (subject to hydrolysis) is 2. The fourth-order valence-corrected chi connectivity index (χ4v) is 7.51. The van der Waals surface area contributed by atoms with Gasteiger partial charge in [0.2, 0.25) is 5.91 Å². The van der Waals surface area contributed by atoms with E-state index in [0.29, 0.717) is 36.6 Å².